The fourth-order valence-corrected chi connectivity index (χ4v) is 2.88. The first kappa shape index (κ1) is 15.3. The van der Waals surface area contributed by atoms with Crippen LogP contribution in [0.3, 0.4) is 0 Å². The molecule has 112 valence electrons. The van der Waals surface area contributed by atoms with E-state index in [0.29, 0.717) is 12.6 Å². The largest absolute Gasteiger partial charge is 0.369 e. The van der Waals surface area contributed by atoms with Gasteiger partial charge >= 0.3 is 0 Å². The van der Waals surface area contributed by atoms with Crippen LogP contribution in [0.2, 0.25) is 0 Å². The quantitative estimate of drug-likeness (QED) is 0.897. The third-order valence-corrected chi connectivity index (χ3v) is 4.32. The van der Waals surface area contributed by atoms with E-state index in [0.717, 1.165) is 43.9 Å². The Kier molecular flexibility index (Phi) is 5.38. The zero-order chi connectivity index (χ0) is 14.5. The molecule has 0 aliphatic carbocycles. The Morgan fingerprint density at radius 3 is 2.55 bits per heavy atom. The minimum atomic E-state index is -0.171. The molecule has 2 rings (SSSR count). The van der Waals surface area contributed by atoms with Crippen LogP contribution in [0, 0.1) is 5.82 Å². The predicted octanol–water partition coefficient (Wildman–Crippen LogP) is 2.25. The number of piperazine rings is 1. The highest BCUT2D eigenvalue weighted by atomic mass is 19.1. The van der Waals surface area contributed by atoms with Crippen molar-refractivity contribution >= 4 is 5.69 Å². The molecule has 0 spiro atoms. The van der Waals surface area contributed by atoms with Crippen molar-refractivity contribution in [3.05, 3.63) is 29.6 Å². The van der Waals surface area contributed by atoms with Gasteiger partial charge in [-0.1, -0.05) is 6.92 Å². The SMILES string of the molecule is CCC(C)N1CCN(c2ccc(F)cc2CCN)CC1. The molecule has 1 unspecified atom stereocenters. The van der Waals surface area contributed by atoms with E-state index in [1.54, 1.807) is 12.1 Å². The van der Waals surface area contributed by atoms with E-state index >= 15 is 0 Å². The van der Waals surface area contributed by atoms with Crippen molar-refractivity contribution in [1.82, 2.24) is 4.90 Å². The molecule has 20 heavy (non-hydrogen) atoms. The van der Waals surface area contributed by atoms with E-state index in [4.69, 9.17) is 5.73 Å². The van der Waals surface area contributed by atoms with Gasteiger partial charge in [-0.3, -0.25) is 4.90 Å². The van der Waals surface area contributed by atoms with Crippen molar-refractivity contribution in [2.45, 2.75) is 32.7 Å². The molecule has 1 aliphatic rings. The van der Waals surface area contributed by atoms with Crippen molar-refractivity contribution in [3.8, 4) is 0 Å². The molecule has 0 amide bonds. The van der Waals surface area contributed by atoms with Crippen LogP contribution in [0.15, 0.2) is 18.2 Å². The second-order valence-corrected chi connectivity index (χ2v) is 5.59. The topological polar surface area (TPSA) is 32.5 Å². The Morgan fingerprint density at radius 1 is 1.25 bits per heavy atom. The number of anilines is 1. The number of nitrogens with zero attached hydrogens (tertiary/aromatic N) is 2. The van der Waals surface area contributed by atoms with E-state index in [1.165, 1.54) is 6.42 Å². The Morgan fingerprint density at radius 2 is 1.95 bits per heavy atom. The standard InChI is InChI=1S/C16H26FN3/c1-3-13(2)19-8-10-20(11-9-19)16-5-4-15(17)12-14(16)6-7-18/h4-5,12-13H,3,6-11,18H2,1-2H3. The molecule has 1 aromatic rings. The van der Waals surface area contributed by atoms with E-state index < -0.39 is 0 Å². The van der Waals surface area contributed by atoms with Gasteiger partial charge in [0.25, 0.3) is 0 Å². The normalized spacial score (nSPS) is 18.3. The van der Waals surface area contributed by atoms with Gasteiger partial charge in [-0.05, 0) is 50.1 Å². The van der Waals surface area contributed by atoms with Gasteiger partial charge in [0.1, 0.15) is 5.82 Å². The summed E-state index contributed by atoms with van der Waals surface area (Å²) in [6, 6.07) is 5.73. The average molecular weight is 279 g/mol. The lowest BCUT2D eigenvalue weighted by atomic mass is 10.1. The molecule has 1 aromatic carbocycles. The molecule has 4 heteroatoms. The zero-order valence-corrected chi connectivity index (χ0v) is 12.6. The Balaban J connectivity index is 2.06. The van der Waals surface area contributed by atoms with Crippen LogP contribution >= 0.6 is 0 Å². The van der Waals surface area contributed by atoms with Crippen LogP contribution in [0.5, 0.6) is 0 Å². The highest BCUT2D eigenvalue weighted by molar-refractivity contribution is 5.54. The smallest absolute Gasteiger partial charge is 0.123 e. The summed E-state index contributed by atoms with van der Waals surface area (Å²) in [5, 5.41) is 0. The van der Waals surface area contributed by atoms with Crippen LogP contribution in [-0.4, -0.2) is 43.7 Å². The van der Waals surface area contributed by atoms with Gasteiger partial charge < -0.3 is 10.6 Å². The summed E-state index contributed by atoms with van der Waals surface area (Å²) in [5.41, 5.74) is 7.82. The Bertz CT molecular complexity index is 428. The minimum Gasteiger partial charge on any atom is -0.369 e. The molecule has 0 bridgehead atoms. The third-order valence-electron chi connectivity index (χ3n) is 4.32. The van der Waals surface area contributed by atoms with Crippen LogP contribution in [0.1, 0.15) is 25.8 Å². The maximum atomic E-state index is 13.4. The minimum absolute atomic E-state index is 0.171. The number of benzene rings is 1. The zero-order valence-electron chi connectivity index (χ0n) is 12.6. The summed E-state index contributed by atoms with van der Waals surface area (Å²) in [7, 11) is 0. The second-order valence-electron chi connectivity index (χ2n) is 5.59. The van der Waals surface area contributed by atoms with Crippen molar-refractivity contribution in [2.24, 2.45) is 5.73 Å². The molecule has 0 saturated carbocycles. The Labute approximate surface area is 121 Å². The van der Waals surface area contributed by atoms with Crippen LogP contribution in [0.25, 0.3) is 0 Å². The number of rotatable bonds is 5. The van der Waals surface area contributed by atoms with Crippen LogP contribution in [0.4, 0.5) is 10.1 Å². The Hall–Kier alpha value is -1.13. The molecule has 1 aliphatic heterocycles. The lowest BCUT2D eigenvalue weighted by Crippen LogP contribution is -2.49. The molecule has 1 heterocycles. The first-order valence-electron chi connectivity index (χ1n) is 7.63. The highest BCUT2D eigenvalue weighted by Gasteiger charge is 2.21. The average Bonchev–Trinajstić information content (AvgIpc) is 2.47. The van der Waals surface area contributed by atoms with Gasteiger partial charge in [0.15, 0.2) is 0 Å². The highest BCUT2D eigenvalue weighted by Crippen LogP contribution is 2.24. The first-order chi connectivity index (χ1) is 9.65. The maximum absolute atomic E-state index is 13.4. The molecule has 0 aromatic heterocycles. The summed E-state index contributed by atoms with van der Waals surface area (Å²) in [4.78, 5) is 4.89. The van der Waals surface area contributed by atoms with Crippen molar-refractivity contribution in [3.63, 3.8) is 0 Å². The fourth-order valence-electron chi connectivity index (χ4n) is 2.88. The maximum Gasteiger partial charge on any atom is 0.123 e. The number of halogens is 1. The number of hydrogen-bond acceptors (Lipinski definition) is 3. The van der Waals surface area contributed by atoms with Gasteiger partial charge in [-0.25, -0.2) is 4.39 Å². The van der Waals surface area contributed by atoms with E-state index in [2.05, 4.69) is 23.6 Å². The van der Waals surface area contributed by atoms with Crippen molar-refractivity contribution in [2.75, 3.05) is 37.6 Å². The van der Waals surface area contributed by atoms with Crippen molar-refractivity contribution in [1.29, 1.82) is 0 Å². The summed E-state index contributed by atoms with van der Waals surface area (Å²) < 4.78 is 13.4. The molecular formula is C16H26FN3. The molecule has 3 nitrogen and oxygen atoms in total. The molecule has 1 atom stereocenters. The van der Waals surface area contributed by atoms with E-state index in [1.807, 2.05) is 6.07 Å². The summed E-state index contributed by atoms with van der Waals surface area (Å²) in [6.45, 7) is 9.25. The second kappa shape index (κ2) is 7.04. The molecule has 2 N–H and O–H groups in total. The van der Waals surface area contributed by atoms with Crippen LogP contribution in [-0.2, 0) is 6.42 Å². The van der Waals surface area contributed by atoms with Gasteiger partial charge in [-0.15, -0.1) is 0 Å². The van der Waals surface area contributed by atoms with E-state index in [9.17, 15) is 4.39 Å². The molecule has 1 saturated heterocycles. The lowest BCUT2D eigenvalue weighted by molar-refractivity contribution is 0.192. The van der Waals surface area contributed by atoms with Crippen LogP contribution < -0.4 is 10.6 Å². The third kappa shape index (κ3) is 3.49. The summed E-state index contributed by atoms with van der Waals surface area (Å²) in [6.07, 6.45) is 1.92. The summed E-state index contributed by atoms with van der Waals surface area (Å²) >= 11 is 0. The van der Waals surface area contributed by atoms with Gasteiger partial charge in [0, 0.05) is 37.9 Å². The monoisotopic (exact) mass is 279 g/mol. The molecule has 0 radical (unpaired) electrons. The van der Waals surface area contributed by atoms with Gasteiger partial charge in [-0.2, -0.15) is 0 Å². The predicted molar refractivity (Wildman–Crippen MR) is 82.7 cm³/mol. The van der Waals surface area contributed by atoms with E-state index in [-0.39, 0.29) is 5.82 Å². The lowest BCUT2D eigenvalue weighted by Gasteiger charge is -2.39. The molecule has 1 fully saturated rings. The fraction of sp³-hybridized carbons (Fsp3) is 0.625. The van der Waals surface area contributed by atoms with Gasteiger partial charge in [0.2, 0.25) is 0 Å². The number of nitrogens with two attached hydrogens (primary N) is 1. The van der Waals surface area contributed by atoms with Gasteiger partial charge in [0.05, 0.1) is 0 Å². The summed E-state index contributed by atoms with van der Waals surface area (Å²) in [5.74, 6) is -0.171. The van der Waals surface area contributed by atoms with Crippen molar-refractivity contribution < 1.29 is 4.39 Å². The molecular weight excluding hydrogens is 253 g/mol. The first-order valence-corrected chi connectivity index (χ1v) is 7.63. The number of hydrogen-bond donors (Lipinski definition) is 1.